The number of fused-ring (bicyclic) bond motifs is 2. The van der Waals surface area contributed by atoms with Gasteiger partial charge in [-0.05, 0) is 55.0 Å². The maximum Gasteiger partial charge on any atom is 0.256 e. The lowest BCUT2D eigenvalue weighted by molar-refractivity contribution is 0.0471. The van der Waals surface area contributed by atoms with Gasteiger partial charge in [0, 0.05) is 56.1 Å². The molecular formula is C26H32N4O2. The van der Waals surface area contributed by atoms with Gasteiger partial charge in [0.2, 0.25) is 0 Å². The monoisotopic (exact) mass is 432 g/mol. The summed E-state index contributed by atoms with van der Waals surface area (Å²) in [6.07, 6.45) is 1.96. The fourth-order valence-corrected chi connectivity index (χ4v) is 5.55. The van der Waals surface area contributed by atoms with Crippen LogP contribution >= 0.6 is 0 Å². The van der Waals surface area contributed by atoms with Crippen LogP contribution in [0.2, 0.25) is 0 Å². The third-order valence-corrected chi connectivity index (χ3v) is 7.67. The lowest BCUT2D eigenvalue weighted by atomic mass is 9.72. The fourth-order valence-electron chi connectivity index (χ4n) is 5.55. The Bertz CT molecular complexity index is 1050. The summed E-state index contributed by atoms with van der Waals surface area (Å²) in [6.45, 7) is 8.68. The van der Waals surface area contributed by atoms with Gasteiger partial charge >= 0.3 is 0 Å². The van der Waals surface area contributed by atoms with E-state index in [4.69, 9.17) is 0 Å². The zero-order chi connectivity index (χ0) is 22.3. The zero-order valence-corrected chi connectivity index (χ0v) is 19.0. The first kappa shape index (κ1) is 21.0. The Morgan fingerprint density at radius 3 is 2.75 bits per heavy atom. The Labute approximate surface area is 190 Å². The largest absolute Gasteiger partial charge is 0.383 e. The van der Waals surface area contributed by atoms with Crippen LogP contribution in [0.15, 0.2) is 42.5 Å². The van der Waals surface area contributed by atoms with Crippen molar-refractivity contribution in [2.24, 2.45) is 5.92 Å². The number of hydrogen-bond acceptors (Lipinski definition) is 4. The number of piperidine rings is 1. The van der Waals surface area contributed by atoms with E-state index in [0.29, 0.717) is 36.7 Å². The summed E-state index contributed by atoms with van der Waals surface area (Å²) in [5.41, 5.74) is 4.94. The fraction of sp³-hybridized carbons (Fsp3) is 0.462. The lowest BCUT2D eigenvalue weighted by Crippen LogP contribution is -2.62. The highest BCUT2D eigenvalue weighted by atomic mass is 16.2. The van der Waals surface area contributed by atoms with E-state index in [1.807, 2.05) is 28.9 Å². The Hall–Kier alpha value is -2.86. The van der Waals surface area contributed by atoms with E-state index in [2.05, 4.69) is 41.8 Å². The number of hydrogen-bond donors (Lipinski definition) is 2. The molecular weight excluding hydrogens is 400 g/mol. The van der Waals surface area contributed by atoms with Gasteiger partial charge in [-0.15, -0.1) is 0 Å². The zero-order valence-electron chi connectivity index (χ0n) is 19.0. The van der Waals surface area contributed by atoms with Gasteiger partial charge < -0.3 is 20.4 Å². The average Bonchev–Trinajstić information content (AvgIpc) is 2.98. The van der Waals surface area contributed by atoms with Gasteiger partial charge in [0.1, 0.15) is 0 Å². The second-order valence-corrected chi connectivity index (χ2v) is 9.43. The number of amides is 2. The Morgan fingerprint density at radius 1 is 1.16 bits per heavy atom. The first-order valence-corrected chi connectivity index (χ1v) is 11.8. The van der Waals surface area contributed by atoms with E-state index in [-0.39, 0.29) is 17.4 Å². The van der Waals surface area contributed by atoms with Gasteiger partial charge in [0.05, 0.1) is 5.56 Å². The molecule has 1 spiro atoms. The minimum atomic E-state index is 0.0312. The molecule has 1 fully saturated rings. The number of benzene rings is 2. The molecule has 0 unspecified atom stereocenters. The van der Waals surface area contributed by atoms with Crippen molar-refractivity contribution in [3.8, 4) is 0 Å². The molecule has 1 saturated heterocycles. The summed E-state index contributed by atoms with van der Waals surface area (Å²) < 4.78 is 0. The summed E-state index contributed by atoms with van der Waals surface area (Å²) in [4.78, 5) is 29.9. The maximum absolute atomic E-state index is 13.4. The van der Waals surface area contributed by atoms with E-state index in [1.54, 1.807) is 6.07 Å². The first-order valence-electron chi connectivity index (χ1n) is 11.8. The van der Waals surface area contributed by atoms with E-state index in [9.17, 15) is 9.59 Å². The Balaban J connectivity index is 1.32. The van der Waals surface area contributed by atoms with Gasteiger partial charge in [-0.1, -0.05) is 31.2 Å². The van der Waals surface area contributed by atoms with Crippen molar-refractivity contribution in [1.29, 1.82) is 0 Å². The molecule has 0 bridgehead atoms. The number of rotatable bonds is 2. The summed E-state index contributed by atoms with van der Waals surface area (Å²) in [5, 5.41) is 7.15. The summed E-state index contributed by atoms with van der Waals surface area (Å²) in [6, 6.07) is 14.1. The van der Waals surface area contributed by atoms with Crippen molar-refractivity contribution in [2.45, 2.75) is 38.8 Å². The molecule has 0 saturated carbocycles. The van der Waals surface area contributed by atoms with Crippen LogP contribution in [0, 0.1) is 5.92 Å². The molecule has 6 nitrogen and oxygen atoms in total. The van der Waals surface area contributed by atoms with Crippen molar-refractivity contribution in [2.75, 3.05) is 38.0 Å². The van der Waals surface area contributed by atoms with Crippen LogP contribution in [0.25, 0.3) is 0 Å². The molecule has 0 radical (unpaired) electrons. The predicted molar refractivity (Wildman–Crippen MR) is 126 cm³/mol. The molecule has 2 N–H and O–H groups in total. The molecule has 0 aromatic heterocycles. The highest BCUT2D eigenvalue weighted by Gasteiger charge is 2.43. The van der Waals surface area contributed by atoms with Crippen LogP contribution < -0.4 is 10.6 Å². The van der Waals surface area contributed by atoms with Crippen molar-refractivity contribution in [3.63, 3.8) is 0 Å². The minimum Gasteiger partial charge on any atom is -0.383 e. The third-order valence-electron chi connectivity index (χ3n) is 7.67. The highest BCUT2D eigenvalue weighted by Crippen LogP contribution is 2.36. The number of nitrogens with one attached hydrogen (secondary N) is 2. The Kier molecular flexibility index (Phi) is 5.41. The van der Waals surface area contributed by atoms with Crippen molar-refractivity contribution in [3.05, 3.63) is 64.7 Å². The lowest BCUT2D eigenvalue weighted by Gasteiger charge is -2.49. The summed E-state index contributed by atoms with van der Waals surface area (Å²) in [7, 11) is 0. The molecule has 3 aliphatic heterocycles. The van der Waals surface area contributed by atoms with Crippen LogP contribution in [0.3, 0.4) is 0 Å². The predicted octanol–water partition coefficient (Wildman–Crippen LogP) is 3.14. The first-order chi connectivity index (χ1) is 15.5. The quantitative estimate of drug-likeness (QED) is 0.765. The number of carbonyl (C=O) groups is 2. The van der Waals surface area contributed by atoms with E-state index >= 15 is 0 Å². The van der Waals surface area contributed by atoms with Gasteiger partial charge in [0.15, 0.2) is 0 Å². The van der Waals surface area contributed by atoms with Crippen LogP contribution in [-0.2, 0) is 13.0 Å². The second-order valence-electron chi connectivity index (χ2n) is 9.43. The van der Waals surface area contributed by atoms with Gasteiger partial charge in [0.25, 0.3) is 11.8 Å². The standard InChI is InChI=1S/C26H32N4O2/c1-3-29-13-11-27-23-14-19(8-9-22(23)25(29)32)24(31)30-12-10-26(18(2)17-30)15-20-6-4-5-7-21(20)16-28-26/h4-9,14,18,27-28H,3,10-13,15-17H2,1-2H3/t18-,26+/m1/s1. The molecule has 2 atom stereocenters. The molecule has 3 heterocycles. The van der Waals surface area contributed by atoms with E-state index in [0.717, 1.165) is 38.2 Å². The number of carbonyl (C=O) groups excluding carboxylic acids is 2. The maximum atomic E-state index is 13.4. The summed E-state index contributed by atoms with van der Waals surface area (Å²) >= 11 is 0. The van der Waals surface area contributed by atoms with Gasteiger partial charge in [-0.2, -0.15) is 0 Å². The molecule has 32 heavy (non-hydrogen) atoms. The van der Waals surface area contributed by atoms with Crippen LogP contribution in [-0.4, -0.2) is 59.9 Å². The normalized spacial score (nSPS) is 25.1. The van der Waals surface area contributed by atoms with Crippen molar-refractivity contribution >= 4 is 17.5 Å². The number of likely N-dealkylation sites (tertiary alicyclic amines) is 1. The second kappa shape index (κ2) is 8.24. The molecule has 0 aliphatic carbocycles. The van der Waals surface area contributed by atoms with Gasteiger partial charge in [-0.3, -0.25) is 9.59 Å². The van der Waals surface area contributed by atoms with Crippen LogP contribution in [0.4, 0.5) is 5.69 Å². The van der Waals surface area contributed by atoms with Crippen LogP contribution in [0.1, 0.15) is 52.1 Å². The highest BCUT2D eigenvalue weighted by molar-refractivity contribution is 6.03. The van der Waals surface area contributed by atoms with Crippen molar-refractivity contribution in [1.82, 2.24) is 15.1 Å². The van der Waals surface area contributed by atoms with Gasteiger partial charge in [-0.25, -0.2) is 0 Å². The average molecular weight is 433 g/mol. The molecule has 2 aromatic rings. The summed E-state index contributed by atoms with van der Waals surface area (Å²) in [5.74, 6) is 0.437. The SMILES string of the molecule is CCN1CCNc2cc(C(=O)N3CC[C@]4(Cc5ccccc5CN4)[C@H](C)C3)ccc2C1=O. The molecule has 2 amide bonds. The third kappa shape index (κ3) is 3.56. The number of nitrogens with zero attached hydrogens (tertiary/aromatic N) is 2. The molecule has 5 rings (SSSR count). The molecule has 3 aliphatic rings. The minimum absolute atomic E-state index is 0.0312. The Morgan fingerprint density at radius 2 is 1.97 bits per heavy atom. The number of likely N-dealkylation sites (N-methyl/N-ethyl adjacent to an activating group) is 1. The smallest absolute Gasteiger partial charge is 0.256 e. The topological polar surface area (TPSA) is 64.7 Å². The molecule has 2 aromatic carbocycles. The molecule has 6 heteroatoms. The van der Waals surface area contributed by atoms with Crippen molar-refractivity contribution < 1.29 is 9.59 Å². The van der Waals surface area contributed by atoms with E-state index < -0.39 is 0 Å². The van der Waals surface area contributed by atoms with Crippen LogP contribution in [0.5, 0.6) is 0 Å². The number of anilines is 1. The van der Waals surface area contributed by atoms with E-state index in [1.165, 1.54) is 11.1 Å². The molecule has 168 valence electrons.